The summed E-state index contributed by atoms with van der Waals surface area (Å²) in [7, 11) is 3.27. The van der Waals surface area contributed by atoms with Gasteiger partial charge in [-0.2, -0.15) is 0 Å². The molecule has 0 fully saturated rings. The monoisotopic (exact) mass is 365 g/mol. The third kappa shape index (κ3) is 5.95. The van der Waals surface area contributed by atoms with Gasteiger partial charge in [-0.15, -0.1) is 24.0 Å². The highest BCUT2D eigenvalue weighted by Crippen LogP contribution is 2.17. The number of guanidine groups is 1. The molecule has 3 N–H and O–H groups in total. The van der Waals surface area contributed by atoms with Crippen LogP contribution in [0, 0.1) is 0 Å². The van der Waals surface area contributed by atoms with E-state index in [0.717, 1.165) is 11.5 Å². The molecule has 0 aliphatic heterocycles. The molecule has 1 rings (SSSR count). The first-order chi connectivity index (χ1) is 8.15. The van der Waals surface area contributed by atoms with E-state index in [0.29, 0.717) is 12.5 Å². The molecule has 0 heterocycles. The van der Waals surface area contributed by atoms with Crippen molar-refractivity contribution < 1.29 is 9.47 Å². The van der Waals surface area contributed by atoms with Crippen LogP contribution in [0.3, 0.4) is 0 Å². The number of aliphatic imine (C=N–C) groups is 1. The van der Waals surface area contributed by atoms with Gasteiger partial charge in [-0.3, -0.25) is 4.99 Å². The van der Waals surface area contributed by atoms with Gasteiger partial charge in [-0.1, -0.05) is 0 Å². The van der Waals surface area contributed by atoms with Crippen LogP contribution in [0.2, 0.25) is 0 Å². The summed E-state index contributed by atoms with van der Waals surface area (Å²) < 4.78 is 10.7. The van der Waals surface area contributed by atoms with Gasteiger partial charge in [0.2, 0.25) is 0 Å². The average molecular weight is 365 g/mol. The van der Waals surface area contributed by atoms with E-state index in [9.17, 15) is 0 Å². The van der Waals surface area contributed by atoms with Crippen molar-refractivity contribution in [3.05, 3.63) is 24.3 Å². The Labute approximate surface area is 125 Å². The Balaban J connectivity index is 0.00000289. The molecule has 0 aliphatic rings. The van der Waals surface area contributed by atoms with E-state index in [1.165, 1.54) is 0 Å². The molecule has 1 unspecified atom stereocenters. The molecule has 0 aromatic heterocycles. The topological polar surface area (TPSA) is 68.9 Å². The van der Waals surface area contributed by atoms with E-state index in [-0.39, 0.29) is 30.1 Å². The van der Waals surface area contributed by atoms with Crippen LogP contribution in [0.1, 0.15) is 6.92 Å². The Bertz CT molecular complexity index is 368. The Hall–Kier alpha value is -1.18. The molecule has 18 heavy (non-hydrogen) atoms. The molecule has 0 spiro atoms. The molecule has 0 amide bonds. The number of benzene rings is 1. The highest BCUT2D eigenvalue weighted by Gasteiger charge is 2.04. The number of hydrogen-bond donors (Lipinski definition) is 2. The highest BCUT2D eigenvalue weighted by molar-refractivity contribution is 14.0. The number of rotatable bonds is 5. The molecule has 0 saturated carbocycles. The molecule has 1 aromatic rings. The lowest BCUT2D eigenvalue weighted by atomic mass is 10.3. The molecular formula is C12H20IN3O2. The average Bonchev–Trinajstić information content (AvgIpc) is 2.36. The summed E-state index contributed by atoms with van der Waals surface area (Å²) in [5.74, 6) is 2.02. The van der Waals surface area contributed by atoms with Crippen LogP contribution in [0.15, 0.2) is 29.3 Å². The van der Waals surface area contributed by atoms with Crippen molar-refractivity contribution in [2.75, 3.05) is 20.7 Å². The van der Waals surface area contributed by atoms with Gasteiger partial charge in [-0.25, -0.2) is 0 Å². The molecule has 0 aliphatic carbocycles. The van der Waals surface area contributed by atoms with E-state index < -0.39 is 0 Å². The summed E-state index contributed by atoms with van der Waals surface area (Å²) in [5.41, 5.74) is 5.52. The molecule has 0 bridgehead atoms. The lowest BCUT2D eigenvalue weighted by Crippen LogP contribution is -2.38. The quantitative estimate of drug-likeness (QED) is 0.473. The van der Waals surface area contributed by atoms with Crippen molar-refractivity contribution in [2.24, 2.45) is 10.7 Å². The van der Waals surface area contributed by atoms with Crippen LogP contribution in [0.5, 0.6) is 11.5 Å². The van der Waals surface area contributed by atoms with Crippen LogP contribution in [-0.4, -0.2) is 32.8 Å². The predicted octanol–water partition coefficient (Wildman–Crippen LogP) is 1.61. The number of nitrogens with two attached hydrogens (primary N) is 1. The largest absolute Gasteiger partial charge is 0.497 e. The summed E-state index contributed by atoms with van der Waals surface area (Å²) in [4.78, 5) is 3.80. The van der Waals surface area contributed by atoms with Crippen molar-refractivity contribution in [1.82, 2.24) is 5.32 Å². The van der Waals surface area contributed by atoms with Crippen LogP contribution >= 0.6 is 24.0 Å². The summed E-state index contributed by atoms with van der Waals surface area (Å²) >= 11 is 0. The zero-order chi connectivity index (χ0) is 12.7. The van der Waals surface area contributed by atoms with Gasteiger partial charge < -0.3 is 20.5 Å². The smallest absolute Gasteiger partial charge is 0.188 e. The number of methoxy groups -OCH3 is 1. The summed E-state index contributed by atoms with van der Waals surface area (Å²) in [6, 6.07) is 7.45. The maximum atomic E-state index is 5.68. The summed E-state index contributed by atoms with van der Waals surface area (Å²) in [5, 5.41) is 2.95. The molecule has 0 radical (unpaired) electrons. The zero-order valence-corrected chi connectivity index (χ0v) is 13.2. The normalized spacial score (nSPS) is 12.3. The predicted molar refractivity (Wildman–Crippen MR) is 84.0 cm³/mol. The Morgan fingerprint density at radius 3 is 2.39 bits per heavy atom. The van der Waals surface area contributed by atoms with Crippen molar-refractivity contribution in [3.8, 4) is 11.5 Å². The van der Waals surface area contributed by atoms with Gasteiger partial charge in [-0.05, 0) is 31.2 Å². The summed E-state index contributed by atoms with van der Waals surface area (Å²) in [6.45, 7) is 2.56. The molecular weight excluding hydrogens is 345 g/mol. The minimum atomic E-state index is 0. The standard InChI is InChI=1S/C12H19N3O2.HI/c1-9(8-15-12(13)14-2)17-11-6-4-10(16-3)5-7-11;/h4-7,9H,8H2,1-3H3,(H3,13,14,15);1H. The first kappa shape index (κ1) is 16.8. The number of ether oxygens (including phenoxy) is 2. The Morgan fingerprint density at radius 2 is 1.89 bits per heavy atom. The lowest BCUT2D eigenvalue weighted by Gasteiger charge is -2.15. The zero-order valence-electron chi connectivity index (χ0n) is 10.8. The van der Waals surface area contributed by atoms with E-state index in [2.05, 4.69) is 10.3 Å². The number of nitrogens with one attached hydrogen (secondary N) is 1. The minimum Gasteiger partial charge on any atom is -0.497 e. The Morgan fingerprint density at radius 1 is 1.33 bits per heavy atom. The SMILES string of the molecule is CN=C(N)NCC(C)Oc1ccc(OC)cc1.I. The summed E-state index contributed by atoms with van der Waals surface area (Å²) in [6.07, 6.45) is 0.00342. The van der Waals surface area contributed by atoms with Gasteiger partial charge in [0, 0.05) is 7.05 Å². The lowest BCUT2D eigenvalue weighted by molar-refractivity contribution is 0.224. The minimum absolute atomic E-state index is 0. The number of nitrogens with zero attached hydrogens (tertiary/aromatic N) is 1. The van der Waals surface area contributed by atoms with Crippen molar-refractivity contribution in [2.45, 2.75) is 13.0 Å². The van der Waals surface area contributed by atoms with Crippen LogP contribution in [-0.2, 0) is 0 Å². The highest BCUT2D eigenvalue weighted by atomic mass is 127. The second kappa shape index (κ2) is 8.84. The molecule has 5 nitrogen and oxygen atoms in total. The second-order valence-corrected chi connectivity index (χ2v) is 3.59. The second-order valence-electron chi connectivity index (χ2n) is 3.59. The number of halogens is 1. The fourth-order valence-electron chi connectivity index (χ4n) is 1.26. The maximum absolute atomic E-state index is 5.68. The van der Waals surface area contributed by atoms with Gasteiger partial charge >= 0.3 is 0 Å². The van der Waals surface area contributed by atoms with Gasteiger partial charge in [0.1, 0.15) is 17.6 Å². The third-order valence-electron chi connectivity index (χ3n) is 2.21. The van der Waals surface area contributed by atoms with Crippen molar-refractivity contribution in [3.63, 3.8) is 0 Å². The molecule has 6 heteroatoms. The van der Waals surface area contributed by atoms with Crippen LogP contribution in [0.25, 0.3) is 0 Å². The third-order valence-corrected chi connectivity index (χ3v) is 2.21. The molecule has 1 aromatic carbocycles. The van der Waals surface area contributed by atoms with Gasteiger partial charge in [0.25, 0.3) is 0 Å². The van der Waals surface area contributed by atoms with Gasteiger partial charge in [0.15, 0.2) is 5.96 Å². The van der Waals surface area contributed by atoms with Crippen molar-refractivity contribution in [1.29, 1.82) is 0 Å². The molecule has 0 saturated heterocycles. The number of hydrogen-bond acceptors (Lipinski definition) is 3. The van der Waals surface area contributed by atoms with E-state index in [1.807, 2.05) is 31.2 Å². The van der Waals surface area contributed by atoms with Crippen LogP contribution in [0.4, 0.5) is 0 Å². The van der Waals surface area contributed by atoms with E-state index >= 15 is 0 Å². The fraction of sp³-hybridized carbons (Fsp3) is 0.417. The first-order valence-electron chi connectivity index (χ1n) is 5.42. The Kier molecular flexibility index (Phi) is 8.27. The molecule has 102 valence electrons. The van der Waals surface area contributed by atoms with E-state index in [1.54, 1.807) is 14.2 Å². The van der Waals surface area contributed by atoms with E-state index in [4.69, 9.17) is 15.2 Å². The van der Waals surface area contributed by atoms with Crippen LogP contribution < -0.4 is 20.5 Å². The molecule has 1 atom stereocenters. The first-order valence-corrected chi connectivity index (χ1v) is 5.42. The maximum Gasteiger partial charge on any atom is 0.188 e. The fourth-order valence-corrected chi connectivity index (χ4v) is 1.26. The van der Waals surface area contributed by atoms with Gasteiger partial charge in [0.05, 0.1) is 13.7 Å². The van der Waals surface area contributed by atoms with Crippen molar-refractivity contribution >= 4 is 29.9 Å².